The van der Waals surface area contributed by atoms with Crippen LogP contribution < -0.4 is 0 Å². The standard InChI is InChI=1S/C23H23F3O3S/c1-6-12-11-13(15-9-10-16(24)19(26)18(15)25)7-8-14(12)17-20(27)22(2,3)30(29)23(4,5)21(17)28/h7-11,27H,6H2,1-5H3. The van der Waals surface area contributed by atoms with Gasteiger partial charge < -0.3 is 5.11 Å². The van der Waals surface area contributed by atoms with E-state index in [0.717, 1.165) is 12.1 Å². The number of rotatable bonds is 3. The average molecular weight is 436 g/mol. The third-order valence-corrected chi connectivity index (χ3v) is 7.84. The highest BCUT2D eigenvalue weighted by atomic mass is 32.2. The van der Waals surface area contributed by atoms with Gasteiger partial charge in [0, 0.05) is 16.4 Å². The number of aryl methyl sites for hydroxylation is 1. The number of aliphatic hydroxyl groups is 1. The molecule has 0 spiro atoms. The second kappa shape index (κ2) is 7.38. The molecule has 160 valence electrons. The third-order valence-electron chi connectivity index (χ3n) is 5.61. The summed E-state index contributed by atoms with van der Waals surface area (Å²) in [6.07, 6.45) is 0.433. The van der Waals surface area contributed by atoms with E-state index in [-0.39, 0.29) is 16.9 Å². The van der Waals surface area contributed by atoms with Crippen LogP contribution in [0.15, 0.2) is 36.1 Å². The first kappa shape index (κ1) is 22.3. The summed E-state index contributed by atoms with van der Waals surface area (Å²) < 4.78 is 51.7. The molecule has 7 heteroatoms. The number of ketones is 1. The smallest absolute Gasteiger partial charge is 0.195 e. The van der Waals surface area contributed by atoms with Gasteiger partial charge in [-0.25, -0.2) is 13.2 Å². The van der Waals surface area contributed by atoms with Crippen LogP contribution in [0.2, 0.25) is 0 Å². The Balaban J connectivity index is 2.24. The first-order chi connectivity index (χ1) is 13.9. The number of hydrogen-bond acceptors (Lipinski definition) is 3. The minimum atomic E-state index is -1.65. The predicted octanol–water partition coefficient (Wildman–Crippen LogP) is 5.49. The maximum absolute atomic E-state index is 14.3. The lowest BCUT2D eigenvalue weighted by Crippen LogP contribution is -2.52. The molecule has 0 fully saturated rings. The van der Waals surface area contributed by atoms with Crippen LogP contribution >= 0.6 is 0 Å². The van der Waals surface area contributed by atoms with Crippen molar-refractivity contribution in [2.24, 2.45) is 0 Å². The summed E-state index contributed by atoms with van der Waals surface area (Å²) in [4.78, 5) is 13.2. The summed E-state index contributed by atoms with van der Waals surface area (Å²) >= 11 is 0. The topological polar surface area (TPSA) is 54.4 Å². The molecule has 30 heavy (non-hydrogen) atoms. The zero-order valence-electron chi connectivity index (χ0n) is 17.4. The number of hydrogen-bond donors (Lipinski definition) is 1. The van der Waals surface area contributed by atoms with Gasteiger partial charge in [-0.2, -0.15) is 0 Å². The number of aliphatic hydroxyl groups excluding tert-OH is 1. The highest BCUT2D eigenvalue weighted by molar-refractivity contribution is 7.89. The number of carbonyl (C=O) groups excluding carboxylic acids is 1. The quantitative estimate of drug-likeness (QED) is 0.648. The van der Waals surface area contributed by atoms with Crippen LogP contribution in [0.25, 0.3) is 16.7 Å². The summed E-state index contributed by atoms with van der Waals surface area (Å²) in [5.74, 6) is -4.82. The summed E-state index contributed by atoms with van der Waals surface area (Å²) in [6, 6.07) is 6.64. The molecule has 2 aromatic rings. The van der Waals surface area contributed by atoms with E-state index in [0.29, 0.717) is 23.1 Å². The van der Waals surface area contributed by atoms with Gasteiger partial charge in [0.05, 0.1) is 10.3 Å². The van der Waals surface area contributed by atoms with E-state index in [1.165, 1.54) is 6.07 Å². The van der Waals surface area contributed by atoms with Gasteiger partial charge in [-0.05, 0) is 62.9 Å². The van der Waals surface area contributed by atoms with E-state index in [4.69, 9.17) is 0 Å². The maximum Gasteiger partial charge on any atom is 0.195 e. The minimum absolute atomic E-state index is 0.0822. The zero-order valence-corrected chi connectivity index (χ0v) is 18.2. The largest absolute Gasteiger partial charge is 0.510 e. The van der Waals surface area contributed by atoms with E-state index in [1.807, 2.05) is 6.92 Å². The van der Waals surface area contributed by atoms with Gasteiger partial charge in [-0.3, -0.25) is 9.00 Å². The minimum Gasteiger partial charge on any atom is -0.510 e. The fourth-order valence-electron chi connectivity index (χ4n) is 3.82. The van der Waals surface area contributed by atoms with Crippen molar-refractivity contribution in [1.82, 2.24) is 0 Å². The van der Waals surface area contributed by atoms with Gasteiger partial charge in [0.15, 0.2) is 23.2 Å². The Bertz CT molecular complexity index is 1120. The van der Waals surface area contributed by atoms with Gasteiger partial charge in [-0.15, -0.1) is 0 Å². The molecule has 0 aromatic heterocycles. The van der Waals surface area contributed by atoms with Crippen molar-refractivity contribution < 1.29 is 27.3 Å². The van der Waals surface area contributed by atoms with Crippen molar-refractivity contribution in [2.45, 2.75) is 50.5 Å². The monoisotopic (exact) mass is 436 g/mol. The molecule has 1 heterocycles. The second-order valence-electron chi connectivity index (χ2n) is 8.29. The summed E-state index contributed by atoms with van der Waals surface area (Å²) in [6.45, 7) is 8.21. The lowest BCUT2D eigenvalue weighted by Gasteiger charge is -2.39. The fourth-order valence-corrected chi connectivity index (χ4v) is 5.64. The maximum atomic E-state index is 14.3. The van der Waals surface area contributed by atoms with Crippen molar-refractivity contribution in [3.05, 3.63) is 64.7 Å². The molecule has 1 aliphatic rings. The van der Waals surface area contributed by atoms with Gasteiger partial charge >= 0.3 is 0 Å². The first-order valence-electron chi connectivity index (χ1n) is 9.53. The van der Waals surface area contributed by atoms with E-state index in [1.54, 1.807) is 39.8 Å². The molecule has 0 bridgehead atoms. The fraction of sp³-hybridized carbons (Fsp3) is 0.348. The van der Waals surface area contributed by atoms with Crippen LogP contribution in [0.1, 0.15) is 45.7 Å². The van der Waals surface area contributed by atoms with Crippen LogP contribution in [0, 0.1) is 17.5 Å². The number of Topliss-reactive ketones (excluding diaryl/α,β-unsaturated/α-hetero) is 1. The van der Waals surface area contributed by atoms with Crippen molar-refractivity contribution in [3.8, 4) is 11.1 Å². The highest BCUT2D eigenvalue weighted by Crippen LogP contribution is 2.43. The number of benzene rings is 2. The Morgan fingerprint density at radius 1 is 0.933 bits per heavy atom. The molecule has 0 saturated carbocycles. The van der Waals surface area contributed by atoms with Gasteiger partial charge in [-0.1, -0.05) is 25.1 Å². The van der Waals surface area contributed by atoms with Crippen LogP contribution in [-0.2, 0) is 22.0 Å². The highest BCUT2D eigenvalue weighted by Gasteiger charge is 2.52. The van der Waals surface area contributed by atoms with E-state index >= 15 is 0 Å². The van der Waals surface area contributed by atoms with Gasteiger partial charge in [0.1, 0.15) is 10.5 Å². The summed E-state index contributed by atoms with van der Waals surface area (Å²) in [5, 5.41) is 10.9. The van der Waals surface area contributed by atoms with Crippen molar-refractivity contribution in [2.75, 3.05) is 0 Å². The van der Waals surface area contributed by atoms with Gasteiger partial charge in [0.25, 0.3) is 0 Å². The molecule has 1 aliphatic heterocycles. The van der Waals surface area contributed by atoms with E-state index in [9.17, 15) is 27.3 Å². The van der Waals surface area contributed by atoms with Crippen LogP contribution in [0.4, 0.5) is 13.2 Å². The van der Waals surface area contributed by atoms with Crippen LogP contribution in [0.3, 0.4) is 0 Å². The summed E-state index contributed by atoms with van der Waals surface area (Å²) in [7, 11) is -1.65. The molecular formula is C23H23F3O3S. The lowest BCUT2D eigenvalue weighted by atomic mass is 9.85. The zero-order chi connectivity index (χ0) is 22.6. The Kier molecular flexibility index (Phi) is 5.48. The molecule has 0 amide bonds. The lowest BCUT2D eigenvalue weighted by molar-refractivity contribution is -0.115. The molecule has 3 nitrogen and oxygen atoms in total. The summed E-state index contributed by atoms with van der Waals surface area (Å²) in [5.41, 5.74) is 1.36. The van der Waals surface area contributed by atoms with E-state index < -0.39 is 43.5 Å². The van der Waals surface area contributed by atoms with Crippen molar-refractivity contribution in [3.63, 3.8) is 0 Å². The Hall–Kier alpha value is -2.41. The Morgan fingerprint density at radius 3 is 2.13 bits per heavy atom. The van der Waals surface area contributed by atoms with Crippen molar-refractivity contribution in [1.29, 1.82) is 0 Å². The van der Waals surface area contributed by atoms with Gasteiger partial charge in [0.2, 0.25) is 0 Å². The molecule has 0 aliphatic carbocycles. The molecule has 0 radical (unpaired) electrons. The molecular weight excluding hydrogens is 413 g/mol. The Labute approximate surface area is 176 Å². The molecule has 1 unspecified atom stereocenters. The molecule has 1 N–H and O–H groups in total. The number of allylic oxidation sites excluding steroid dienone is 1. The number of carbonyl (C=O) groups is 1. The van der Waals surface area contributed by atoms with Crippen LogP contribution in [0.5, 0.6) is 0 Å². The van der Waals surface area contributed by atoms with E-state index in [2.05, 4.69) is 0 Å². The third kappa shape index (κ3) is 3.20. The first-order valence-corrected chi connectivity index (χ1v) is 10.7. The molecule has 0 saturated heterocycles. The van der Waals surface area contributed by atoms with Crippen molar-refractivity contribution >= 4 is 22.2 Å². The average Bonchev–Trinajstić information content (AvgIpc) is 2.70. The molecule has 1 atom stereocenters. The predicted molar refractivity (Wildman–Crippen MR) is 112 cm³/mol. The normalized spacial score (nSPS) is 20.5. The number of halogens is 3. The SMILES string of the molecule is CCc1cc(-c2ccc(F)c(F)c2F)ccc1C1=C(O)C(C)(C)S(=O)C(C)(C)C1=O. The molecule has 2 aromatic carbocycles. The second-order valence-corrected chi connectivity index (χ2v) is 10.9. The van der Waals surface area contributed by atoms with Crippen LogP contribution in [-0.4, -0.2) is 24.6 Å². The Morgan fingerprint density at radius 2 is 1.53 bits per heavy atom. The molecule has 3 rings (SSSR count).